The third-order valence-corrected chi connectivity index (χ3v) is 2.31. The molecular weight excluding hydrogens is 172 g/mol. The highest BCUT2D eigenvalue weighted by atomic mass is 16.3. The molecule has 1 nitrogen and oxygen atoms in total. The Labute approximate surface area is 86.1 Å². The summed E-state index contributed by atoms with van der Waals surface area (Å²) in [5, 5.41) is 9.79. The first-order chi connectivity index (χ1) is 6.63. The molecule has 1 N–H and O–H groups in total. The maximum absolute atomic E-state index is 9.79. The third-order valence-electron chi connectivity index (χ3n) is 2.31. The van der Waals surface area contributed by atoms with Crippen LogP contribution in [0.5, 0.6) is 0 Å². The standard InChI is InChI=1S/C13H18O/c1-4-11-5-7-12(8-6-11)13(14)9-10(2)3/h5-8,13-14H,2,4,9H2,1,3H3. The molecule has 14 heavy (non-hydrogen) atoms. The van der Waals surface area contributed by atoms with Crippen LogP contribution in [0, 0.1) is 0 Å². The molecule has 0 aromatic heterocycles. The SMILES string of the molecule is C=C(C)CC(O)c1ccc(CC)cc1. The minimum absolute atomic E-state index is 0.404. The quantitative estimate of drug-likeness (QED) is 0.722. The Morgan fingerprint density at radius 1 is 1.36 bits per heavy atom. The van der Waals surface area contributed by atoms with Gasteiger partial charge in [-0.05, 0) is 30.9 Å². The first-order valence-electron chi connectivity index (χ1n) is 5.04. The minimum Gasteiger partial charge on any atom is -0.388 e. The van der Waals surface area contributed by atoms with Gasteiger partial charge in [0.1, 0.15) is 0 Å². The Bertz CT molecular complexity index is 298. The molecular formula is C13H18O. The van der Waals surface area contributed by atoms with E-state index in [1.165, 1.54) is 5.56 Å². The van der Waals surface area contributed by atoms with E-state index in [0.717, 1.165) is 17.6 Å². The second-order valence-corrected chi connectivity index (χ2v) is 3.77. The van der Waals surface area contributed by atoms with E-state index >= 15 is 0 Å². The average molecular weight is 190 g/mol. The Morgan fingerprint density at radius 2 is 1.93 bits per heavy atom. The fourth-order valence-electron chi connectivity index (χ4n) is 1.42. The van der Waals surface area contributed by atoms with Crippen molar-refractivity contribution in [1.29, 1.82) is 0 Å². The number of aliphatic hydroxyl groups excluding tert-OH is 1. The lowest BCUT2D eigenvalue weighted by atomic mass is 10.0. The molecule has 0 amide bonds. The van der Waals surface area contributed by atoms with Crippen molar-refractivity contribution in [2.24, 2.45) is 0 Å². The number of hydrogen-bond acceptors (Lipinski definition) is 1. The highest BCUT2D eigenvalue weighted by Crippen LogP contribution is 2.20. The van der Waals surface area contributed by atoms with Gasteiger partial charge in [-0.25, -0.2) is 0 Å². The predicted molar refractivity (Wildman–Crippen MR) is 60.2 cm³/mol. The van der Waals surface area contributed by atoms with Gasteiger partial charge in [-0.1, -0.05) is 36.8 Å². The Hall–Kier alpha value is -1.08. The summed E-state index contributed by atoms with van der Waals surface area (Å²) in [6.07, 6.45) is 1.28. The number of aryl methyl sites for hydroxylation is 1. The summed E-state index contributed by atoms with van der Waals surface area (Å²) in [6, 6.07) is 8.12. The molecule has 0 aliphatic heterocycles. The molecule has 1 heteroatoms. The average Bonchev–Trinajstić information content (AvgIpc) is 2.17. The molecule has 0 spiro atoms. The number of rotatable bonds is 4. The van der Waals surface area contributed by atoms with Crippen LogP contribution in [0.25, 0.3) is 0 Å². The summed E-state index contributed by atoms with van der Waals surface area (Å²) < 4.78 is 0. The van der Waals surface area contributed by atoms with Gasteiger partial charge in [-0.2, -0.15) is 0 Å². The zero-order chi connectivity index (χ0) is 10.6. The molecule has 0 saturated carbocycles. The molecule has 0 aliphatic rings. The van der Waals surface area contributed by atoms with E-state index in [1.54, 1.807) is 0 Å². The Kier molecular flexibility index (Phi) is 3.90. The lowest BCUT2D eigenvalue weighted by Crippen LogP contribution is -1.97. The zero-order valence-electron chi connectivity index (χ0n) is 8.96. The van der Waals surface area contributed by atoms with Crippen molar-refractivity contribution in [2.45, 2.75) is 32.8 Å². The molecule has 1 atom stereocenters. The van der Waals surface area contributed by atoms with E-state index in [-0.39, 0.29) is 0 Å². The normalized spacial score (nSPS) is 12.5. The van der Waals surface area contributed by atoms with Crippen LogP contribution >= 0.6 is 0 Å². The first-order valence-corrected chi connectivity index (χ1v) is 5.04. The molecule has 0 saturated heterocycles. The molecule has 1 unspecified atom stereocenters. The van der Waals surface area contributed by atoms with Crippen molar-refractivity contribution in [3.8, 4) is 0 Å². The zero-order valence-corrected chi connectivity index (χ0v) is 8.96. The smallest absolute Gasteiger partial charge is 0.0826 e. The van der Waals surface area contributed by atoms with E-state index in [0.29, 0.717) is 6.42 Å². The largest absolute Gasteiger partial charge is 0.388 e. The van der Waals surface area contributed by atoms with Gasteiger partial charge >= 0.3 is 0 Å². The van der Waals surface area contributed by atoms with Crippen molar-refractivity contribution in [2.75, 3.05) is 0 Å². The van der Waals surface area contributed by atoms with Gasteiger partial charge in [0.2, 0.25) is 0 Å². The van der Waals surface area contributed by atoms with Crippen molar-refractivity contribution < 1.29 is 5.11 Å². The predicted octanol–water partition coefficient (Wildman–Crippen LogP) is 3.25. The van der Waals surface area contributed by atoms with Gasteiger partial charge in [-0.3, -0.25) is 0 Å². The van der Waals surface area contributed by atoms with Crippen LogP contribution in [-0.2, 0) is 6.42 Å². The summed E-state index contributed by atoms with van der Waals surface area (Å²) in [4.78, 5) is 0. The molecule has 1 aromatic carbocycles. The number of benzene rings is 1. The molecule has 0 fully saturated rings. The highest BCUT2D eigenvalue weighted by Gasteiger charge is 2.06. The lowest BCUT2D eigenvalue weighted by Gasteiger charge is -2.10. The number of hydrogen-bond donors (Lipinski definition) is 1. The van der Waals surface area contributed by atoms with E-state index in [4.69, 9.17) is 0 Å². The van der Waals surface area contributed by atoms with Crippen LogP contribution in [0.2, 0.25) is 0 Å². The fraction of sp³-hybridized carbons (Fsp3) is 0.385. The summed E-state index contributed by atoms with van der Waals surface area (Å²) >= 11 is 0. The van der Waals surface area contributed by atoms with Gasteiger partial charge < -0.3 is 5.11 Å². The minimum atomic E-state index is -0.404. The van der Waals surface area contributed by atoms with Crippen LogP contribution < -0.4 is 0 Å². The van der Waals surface area contributed by atoms with E-state index in [9.17, 15) is 5.11 Å². The maximum atomic E-state index is 9.79. The lowest BCUT2D eigenvalue weighted by molar-refractivity contribution is 0.178. The van der Waals surface area contributed by atoms with Crippen LogP contribution in [0.4, 0.5) is 0 Å². The third kappa shape index (κ3) is 3.00. The van der Waals surface area contributed by atoms with Crippen LogP contribution in [-0.4, -0.2) is 5.11 Å². The van der Waals surface area contributed by atoms with Crippen molar-refractivity contribution in [3.05, 3.63) is 47.5 Å². The van der Waals surface area contributed by atoms with Crippen LogP contribution in [0.15, 0.2) is 36.4 Å². The van der Waals surface area contributed by atoms with E-state index in [2.05, 4.69) is 25.6 Å². The van der Waals surface area contributed by atoms with Gasteiger partial charge in [0, 0.05) is 0 Å². The van der Waals surface area contributed by atoms with Gasteiger partial charge in [0.25, 0.3) is 0 Å². The number of aliphatic hydroxyl groups is 1. The second kappa shape index (κ2) is 4.97. The summed E-state index contributed by atoms with van der Waals surface area (Å²) in [5.74, 6) is 0. The molecule has 0 aliphatic carbocycles. The summed E-state index contributed by atoms with van der Waals surface area (Å²) in [5.41, 5.74) is 3.29. The molecule has 76 valence electrons. The fourth-order valence-corrected chi connectivity index (χ4v) is 1.42. The van der Waals surface area contributed by atoms with Gasteiger partial charge in [0.15, 0.2) is 0 Å². The Balaban J connectivity index is 2.71. The highest BCUT2D eigenvalue weighted by molar-refractivity contribution is 5.24. The molecule has 1 rings (SSSR count). The van der Waals surface area contributed by atoms with Gasteiger partial charge in [0.05, 0.1) is 6.10 Å². The molecule has 0 radical (unpaired) electrons. The van der Waals surface area contributed by atoms with E-state index < -0.39 is 6.10 Å². The first kappa shape index (κ1) is 11.0. The molecule has 1 aromatic rings. The second-order valence-electron chi connectivity index (χ2n) is 3.77. The molecule has 0 bridgehead atoms. The monoisotopic (exact) mass is 190 g/mol. The van der Waals surface area contributed by atoms with Crippen LogP contribution in [0.3, 0.4) is 0 Å². The van der Waals surface area contributed by atoms with Crippen molar-refractivity contribution in [3.63, 3.8) is 0 Å². The molecule has 0 heterocycles. The van der Waals surface area contributed by atoms with Crippen molar-refractivity contribution >= 4 is 0 Å². The van der Waals surface area contributed by atoms with Crippen molar-refractivity contribution in [1.82, 2.24) is 0 Å². The maximum Gasteiger partial charge on any atom is 0.0826 e. The van der Waals surface area contributed by atoms with Crippen LogP contribution in [0.1, 0.15) is 37.5 Å². The summed E-state index contributed by atoms with van der Waals surface area (Å²) in [7, 11) is 0. The van der Waals surface area contributed by atoms with E-state index in [1.807, 2.05) is 19.1 Å². The topological polar surface area (TPSA) is 20.2 Å². The Morgan fingerprint density at radius 3 is 2.36 bits per heavy atom. The summed E-state index contributed by atoms with van der Waals surface area (Å²) in [6.45, 7) is 7.85. The van der Waals surface area contributed by atoms with Gasteiger partial charge in [-0.15, -0.1) is 6.58 Å².